The Morgan fingerprint density at radius 2 is 1.95 bits per heavy atom. The molecule has 0 spiro atoms. The van der Waals surface area contributed by atoms with Crippen LogP contribution in [0.4, 0.5) is 5.69 Å². The molecule has 0 saturated carbocycles. The summed E-state index contributed by atoms with van der Waals surface area (Å²) < 4.78 is 54.4. The lowest BCUT2D eigenvalue weighted by atomic mass is 10.1. The average molecular weight is 646 g/mol. The van der Waals surface area contributed by atoms with E-state index >= 15 is 0 Å². The number of non-ortho nitro benzene ring substituents is 1. The van der Waals surface area contributed by atoms with Crippen LogP contribution < -0.4 is 15.0 Å². The Morgan fingerprint density at radius 1 is 1.22 bits per heavy atom. The van der Waals surface area contributed by atoms with Gasteiger partial charge in [-0.3, -0.25) is 23.7 Å². The summed E-state index contributed by atoms with van der Waals surface area (Å²) in [6, 6.07) is 12.4. The number of ether oxygens (including phenoxy) is 2. The van der Waals surface area contributed by atoms with Crippen molar-refractivity contribution in [2.75, 3.05) is 19.0 Å². The van der Waals surface area contributed by atoms with Gasteiger partial charge in [0.15, 0.2) is 16.1 Å². The molecule has 2 fully saturated rings. The van der Waals surface area contributed by atoms with Gasteiger partial charge in [-0.15, -0.1) is 0 Å². The molecule has 2 saturated heterocycles. The van der Waals surface area contributed by atoms with Crippen molar-refractivity contribution >= 4 is 45.7 Å². The normalized spacial score (nSPS) is 25.8. The van der Waals surface area contributed by atoms with Crippen molar-refractivity contribution in [1.29, 1.82) is 0 Å². The first-order chi connectivity index (χ1) is 19.5. The van der Waals surface area contributed by atoms with Gasteiger partial charge in [-0.25, -0.2) is 13.2 Å². The molecule has 2 aliphatic rings. The van der Waals surface area contributed by atoms with Gasteiger partial charge in [0, 0.05) is 36.2 Å². The van der Waals surface area contributed by atoms with Crippen molar-refractivity contribution in [1.82, 2.24) is 9.55 Å². The van der Waals surface area contributed by atoms with Crippen molar-refractivity contribution in [2.45, 2.75) is 29.4 Å². The number of nitro benzene ring substituents is 1. The Labute approximate surface area is 242 Å². The molecule has 14 nitrogen and oxygen atoms in total. The fraction of sp³-hybridized carbons (Fsp3) is 0.304. The Bertz CT molecular complexity index is 1670. The van der Waals surface area contributed by atoms with Crippen molar-refractivity contribution < 1.29 is 41.5 Å². The number of nitrogens with zero attached hydrogens (tertiary/aromatic N) is 3. The largest absolute Gasteiger partial charge is 0.476 e. The van der Waals surface area contributed by atoms with E-state index in [0.29, 0.717) is 5.02 Å². The van der Waals surface area contributed by atoms with Gasteiger partial charge in [-0.1, -0.05) is 23.7 Å². The smallest absolute Gasteiger partial charge is 0.381 e. The molecule has 41 heavy (non-hydrogen) atoms. The number of aromatic nitrogens is 2. The first-order valence-electron chi connectivity index (χ1n) is 11.9. The van der Waals surface area contributed by atoms with Gasteiger partial charge in [-0.2, -0.15) is 4.98 Å². The number of hydrogen-bond donors (Lipinski definition) is 1. The second-order valence-electron chi connectivity index (χ2n) is 8.76. The predicted molar refractivity (Wildman–Crippen MR) is 146 cm³/mol. The van der Waals surface area contributed by atoms with Gasteiger partial charge in [-0.05, 0) is 24.3 Å². The van der Waals surface area contributed by atoms with Crippen molar-refractivity contribution in [3.63, 3.8) is 0 Å². The summed E-state index contributed by atoms with van der Waals surface area (Å²) in [5.41, 5.74) is -1.08. The maximum Gasteiger partial charge on any atom is 0.381 e. The SMILES string of the molecule is O=c1nc(OCCS(=O)(=O)c2ccc([N+](=O)[O-])cc2)ccn1C1OC2COP(=S)(Oc3ccccc3Cl)OC2C1O. The second kappa shape index (κ2) is 11.7. The van der Waals surface area contributed by atoms with E-state index in [4.69, 9.17) is 46.5 Å². The van der Waals surface area contributed by atoms with Gasteiger partial charge >= 0.3 is 12.4 Å². The number of nitro groups is 1. The number of rotatable bonds is 9. The second-order valence-corrected chi connectivity index (χ2v) is 14.2. The minimum atomic E-state index is -3.82. The molecule has 0 aliphatic carbocycles. The van der Waals surface area contributed by atoms with Crippen LogP contribution in [0, 0.1) is 10.1 Å². The monoisotopic (exact) mass is 645 g/mol. The minimum absolute atomic E-state index is 0.0629. The summed E-state index contributed by atoms with van der Waals surface area (Å²) in [4.78, 5) is 26.5. The van der Waals surface area contributed by atoms with Gasteiger partial charge in [0.1, 0.15) is 30.7 Å². The third-order valence-corrected chi connectivity index (χ3v) is 10.3. The summed E-state index contributed by atoms with van der Waals surface area (Å²) in [5, 5.41) is 22.0. The number of hydrogen-bond acceptors (Lipinski definition) is 13. The van der Waals surface area contributed by atoms with Crippen LogP contribution in [0.5, 0.6) is 11.6 Å². The van der Waals surface area contributed by atoms with Gasteiger partial charge in [0.2, 0.25) is 5.88 Å². The molecular formula is C23H21ClN3O11PS2. The van der Waals surface area contributed by atoms with Gasteiger partial charge in [0.25, 0.3) is 5.69 Å². The molecule has 2 aromatic carbocycles. The summed E-state index contributed by atoms with van der Waals surface area (Å²) in [6.45, 7) is -3.76. The fourth-order valence-corrected chi connectivity index (χ4v) is 7.55. The molecular weight excluding hydrogens is 625 g/mol. The molecule has 0 radical (unpaired) electrons. The molecule has 218 valence electrons. The van der Waals surface area contributed by atoms with E-state index < -0.39 is 57.5 Å². The summed E-state index contributed by atoms with van der Waals surface area (Å²) in [5.74, 6) is -0.362. The van der Waals surface area contributed by atoms with E-state index in [2.05, 4.69) is 4.98 Å². The van der Waals surface area contributed by atoms with E-state index in [9.17, 15) is 28.4 Å². The highest BCUT2D eigenvalue weighted by Crippen LogP contribution is 2.57. The zero-order valence-electron chi connectivity index (χ0n) is 20.7. The third kappa shape index (κ3) is 6.44. The Morgan fingerprint density at radius 3 is 2.63 bits per heavy atom. The number of sulfone groups is 1. The van der Waals surface area contributed by atoms with Crippen LogP contribution >= 0.6 is 18.3 Å². The fourth-order valence-electron chi connectivity index (χ4n) is 4.07. The predicted octanol–water partition coefficient (Wildman–Crippen LogP) is 2.63. The Balaban J connectivity index is 1.21. The highest BCUT2D eigenvalue weighted by atomic mass is 35.5. The summed E-state index contributed by atoms with van der Waals surface area (Å²) in [6.07, 6.45) is -2.97. The topological polar surface area (TPSA) is 179 Å². The molecule has 1 N–H and O–H groups in total. The number of aliphatic hydroxyl groups is 1. The van der Waals surface area contributed by atoms with Crippen LogP contribution in [-0.4, -0.2) is 65.3 Å². The van der Waals surface area contributed by atoms with E-state index in [1.54, 1.807) is 24.3 Å². The number of para-hydroxylation sites is 1. The molecule has 3 aromatic rings. The van der Waals surface area contributed by atoms with Crippen LogP contribution in [0.3, 0.4) is 0 Å². The average Bonchev–Trinajstić information content (AvgIpc) is 3.25. The van der Waals surface area contributed by atoms with Crippen LogP contribution in [0.15, 0.2) is 70.5 Å². The van der Waals surface area contributed by atoms with E-state index in [0.717, 1.165) is 28.8 Å². The molecule has 5 unspecified atom stereocenters. The van der Waals surface area contributed by atoms with Gasteiger partial charge in [0.05, 0.1) is 27.2 Å². The number of halogens is 1. The number of aliphatic hydroxyl groups excluding tert-OH is 1. The summed E-state index contributed by atoms with van der Waals surface area (Å²) >= 11 is 11.6. The molecule has 18 heteroatoms. The van der Waals surface area contributed by atoms with Crippen LogP contribution in [-0.2, 0) is 35.4 Å². The van der Waals surface area contributed by atoms with E-state index in [1.165, 1.54) is 12.3 Å². The zero-order chi connectivity index (χ0) is 29.4. The molecule has 3 heterocycles. The maximum atomic E-state index is 12.7. The van der Waals surface area contributed by atoms with Crippen LogP contribution in [0.25, 0.3) is 0 Å². The van der Waals surface area contributed by atoms with Crippen LogP contribution in [0.1, 0.15) is 6.23 Å². The minimum Gasteiger partial charge on any atom is -0.476 e. The van der Waals surface area contributed by atoms with Crippen molar-refractivity contribution in [3.05, 3.63) is 86.4 Å². The van der Waals surface area contributed by atoms with Crippen molar-refractivity contribution in [2.24, 2.45) is 0 Å². The van der Waals surface area contributed by atoms with E-state index in [-0.39, 0.29) is 35.4 Å². The van der Waals surface area contributed by atoms with E-state index in [1.807, 2.05) is 0 Å². The molecule has 1 aromatic heterocycles. The molecule has 5 atom stereocenters. The molecule has 5 rings (SSSR count). The number of benzene rings is 2. The highest BCUT2D eigenvalue weighted by Gasteiger charge is 2.52. The first-order valence-corrected chi connectivity index (χ1v) is 16.4. The zero-order valence-corrected chi connectivity index (χ0v) is 24.0. The highest BCUT2D eigenvalue weighted by molar-refractivity contribution is 8.07. The molecule has 0 bridgehead atoms. The molecule has 0 amide bonds. The molecule has 2 aliphatic heterocycles. The number of fused-ring (bicyclic) bond motifs is 1. The first kappa shape index (κ1) is 29.5. The lowest BCUT2D eigenvalue weighted by Crippen LogP contribution is -2.40. The Kier molecular flexibility index (Phi) is 8.46. The standard InChI is InChI=1S/C23H21ClN3O11PS2/c24-16-3-1-2-4-17(16)37-39(40)35-13-18-21(38-39)20(28)22(36-18)26-10-9-19(25-23(26)29)34-11-12-41(32,33)15-7-5-14(6-8-15)27(30)31/h1-10,18,20-22,28H,11-13H2. The Hall–Kier alpha value is -2.95. The lowest BCUT2D eigenvalue weighted by molar-refractivity contribution is -0.384. The van der Waals surface area contributed by atoms with Crippen molar-refractivity contribution in [3.8, 4) is 11.6 Å². The summed E-state index contributed by atoms with van der Waals surface area (Å²) in [7, 11) is -3.82. The quantitative estimate of drug-likeness (QED) is 0.204. The van der Waals surface area contributed by atoms with Gasteiger partial charge < -0.3 is 19.1 Å². The third-order valence-electron chi connectivity index (χ3n) is 6.09. The lowest BCUT2D eigenvalue weighted by Gasteiger charge is -2.33. The maximum absolute atomic E-state index is 12.7. The van der Waals surface area contributed by atoms with Crippen LogP contribution in [0.2, 0.25) is 5.02 Å².